The molecule has 0 bridgehead atoms. The van der Waals surface area contributed by atoms with Gasteiger partial charge in [0.25, 0.3) is 0 Å². The second-order valence-corrected chi connectivity index (χ2v) is 5.97. The summed E-state index contributed by atoms with van der Waals surface area (Å²) in [5.74, 6) is 1.77. The third-order valence-corrected chi connectivity index (χ3v) is 4.05. The van der Waals surface area contributed by atoms with E-state index in [9.17, 15) is 0 Å². The fourth-order valence-electron chi connectivity index (χ4n) is 3.06. The van der Waals surface area contributed by atoms with Crippen molar-refractivity contribution in [3.63, 3.8) is 0 Å². The lowest BCUT2D eigenvalue weighted by atomic mass is 10.1. The van der Waals surface area contributed by atoms with Crippen molar-refractivity contribution in [2.24, 2.45) is 11.8 Å². The zero-order valence-corrected chi connectivity index (χ0v) is 11.8. The molecule has 0 aromatic carbocycles. The van der Waals surface area contributed by atoms with Gasteiger partial charge in [-0.1, -0.05) is 13.3 Å². The number of rotatable bonds is 4. The molecule has 102 valence electrons. The molecule has 19 heavy (non-hydrogen) atoms. The number of aryl methyl sites for hydroxylation is 1. The lowest BCUT2D eigenvalue weighted by molar-refractivity contribution is 0.470. The van der Waals surface area contributed by atoms with Crippen molar-refractivity contribution in [2.75, 3.05) is 6.54 Å². The van der Waals surface area contributed by atoms with Crippen molar-refractivity contribution in [1.82, 2.24) is 19.9 Å². The molecule has 1 saturated carbocycles. The molecule has 0 spiro atoms. The van der Waals surface area contributed by atoms with Crippen molar-refractivity contribution in [3.05, 3.63) is 29.7 Å². The normalized spacial score (nSPS) is 23.3. The van der Waals surface area contributed by atoms with Gasteiger partial charge in [0.1, 0.15) is 0 Å². The van der Waals surface area contributed by atoms with Crippen LogP contribution < -0.4 is 5.32 Å². The Morgan fingerprint density at radius 2 is 2.32 bits per heavy atom. The van der Waals surface area contributed by atoms with Crippen molar-refractivity contribution >= 4 is 5.65 Å². The van der Waals surface area contributed by atoms with Gasteiger partial charge in [-0.05, 0) is 38.1 Å². The average molecular weight is 258 g/mol. The Labute approximate surface area is 114 Å². The molecule has 2 aromatic rings. The Kier molecular flexibility index (Phi) is 3.51. The maximum atomic E-state index is 4.42. The summed E-state index contributed by atoms with van der Waals surface area (Å²) in [6.45, 7) is 6.36. The fourth-order valence-corrected chi connectivity index (χ4v) is 3.06. The maximum Gasteiger partial charge on any atom is 0.155 e. The fraction of sp³-hybridized carbons (Fsp3) is 0.600. The van der Waals surface area contributed by atoms with Gasteiger partial charge in [-0.3, -0.25) is 0 Å². The van der Waals surface area contributed by atoms with Gasteiger partial charge in [-0.25, -0.2) is 9.50 Å². The molecule has 0 aliphatic heterocycles. The summed E-state index contributed by atoms with van der Waals surface area (Å²) < 4.78 is 1.87. The first kappa shape index (κ1) is 12.6. The van der Waals surface area contributed by atoms with Crippen LogP contribution in [0.15, 0.2) is 18.5 Å². The third kappa shape index (κ3) is 2.95. The molecule has 0 amide bonds. The number of hydrogen-bond acceptors (Lipinski definition) is 3. The Balaban J connectivity index is 1.56. The van der Waals surface area contributed by atoms with Crippen LogP contribution in [0.4, 0.5) is 0 Å². The van der Waals surface area contributed by atoms with Gasteiger partial charge in [0.15, 0.2) is 5.65 Å². The van der Waals surface area contributed by atoms with Crippen LogP contribution in [-0.4, -0.2) is 21.1 Å². The van der Waals surface area contributed by atoms with E-state index in [1.807, 2.05) is 23.7 Å². The highest BCUT2D eigenvalue weighted by atomic mass is 15.2. The molecular formula is C15H22N4. The first-order valence-electron chi connectivity index (χ1n) is 7.22. The summed E-state index contributed by atoms with van der Waals surface area (Å²) in [5.41, 5.74) is 3.13. The van der Waals surface area contributed by atoms with E-state index < -0.39 is 0 Å². The molecular weight excluding hydrogens is 236 g/mol. The molecule has 4 heteroatoms. The van der Waals surface area contributed by atoms with Crippen molar-refractivity contribution in [2.45, 2.75) is 39.7 Å². The second kappa shape index (κ2) is 5.29. The summed E-state index contributed by atoms with van der Waals surface area (Å²) in [5, 5.41) is 7.95. The summed E-state index contributed by atoms with van der Waals surface area (Å²) in [6.07, 6.45) is 8.17. The van der Waals surface area contributed by atoms with E-state index >= 15 is 0 Å². The Morgan fingerprint density at radius 3 is 3.11 bits per heavy atom. The van der Waals surface area contributed by atoms with Gasteiger partial charge in [-0.15, -0.1) is 0 Å². The number of hydrogen-bond donors (Lipinski definition) is 1. The predicted molar refractivity (Wildman–Crippen MR) is 75.9 cm³/mol. The van der Waals surface area contributed by atoms with E-state index in [1.54, 1.807) is 0 Å². The zero-order valence-electron chi connectivity index (χ0n) is 11.8. The highest BCUT2D eigenvalue weighted by molar-refractivity contribution is 5.38. The highest BCUT2D eigenvalue weighted by Gasteiger charge is 2.20. The molecule has 2 unspecified atom stereocenters. The molecule has 4 nitrogen and oxygen atoms in total. The van der Waals surface area contributed by atoms with E-state index in [1.165, 1.54) is 24.8 Å². The van der Waals surface area contributed by atoms with E-state index in [-0.39, 0.29) is 0 Å². The number of fused-ring (bicyclic) bond motifs is 1. The van der Waals surface area contributed by atoms with E-state index in [0.717, 1.165) is 36.3 Å². The van der Waals surface area contributed by atoms with Crippen LogP contribution in [0.5, 0.6) is 0 Å². The van der Waals surface area contributed by atoms with Crippen molar-refractivity contribution in [3.8, 4) is 0 Å². The van der Waals surface area contributed by atoms with E-state index in [2.05, 4.69) is 28.5 Å². The highest BCUT2D eigenvalue weighted by Crippen LogP contribution is 2.29. The first-order chi connectivity index (χ1) is 9.20. The monoisotopic (exact) mass is 258 g/mol. The quantitative estimate of drug-likeness (QED) is 0.916. The minimum atomic E-state index is 0.860. The van der Waals surface area contributed by atoms with Crippen LogP contribution in [0.1, 0.15) is 37.4 Å². The molecule has 2 heterocycles. The van der Waals surface area contributed by atoms with Gasteiger partial charge >= 0.3 is 0 Å². The average Bonchev–Trinajstić information content (AvgIpc) is 2.94. The smallest absolute Gasteiger partial charge is 0.155 e. The van der Waals surface area contributed by atoms with E-state index in [0.29, 0.717) is 0 Å². The van der Waals surface area contributed by atoms with Gasteiger partial charge in [0, 0.05) is 30.6 Å². The third-order valence-electron chi connectivity index (χ3n) is 4.05. The number of nitrogens with one attached hydrogen (secondary N) is 1. The van der Waals surface area contributed by atoms with Gasteiger partial charge in [0.2, 0.25) is 0 Å². The molecule has 1 aliphatic carbocycles. The largest absolute Gasteiger partial charge is 0.312 e. The zero-order chi connectivity index (χ0) is 13.2. The molecule has 2 aromatic heterocycles. The maximum absolute atomic E-state index is 4.42. The summed E-state index contributed by atoms with van der Waals surface area (Å²) >= 11 is 0. The number of nitrogens with zero attached hydrogens (tertiary/aromatic N) is 3. The molecule has 2 atom stereocenters. The Morgan fingerprint density at radius 1 is 1.42 bits per heavy atom. The minimum Gasteiger partial charge on any atom is -0.312 e. The predicted octanol–water partition coefficient (Wildman–Crippen LogP) is 2.56. The van der Waals surface area contributed by atoms with Gasteiger partial charge in [0.05, 0.1) is 5.69 Å². The standard InChI is InChI=1S/C15H22N4/c1-11-3-4-13(5-11)7-16-8-14-9-17-15-6-12(2)18-19(15)10-14/h6,9-11,13,16H,3-5,7-8H2,1-2H3. The minimum absolute atomic E-state index is 0.860. The molecule has 0 radical (unpaired) electrons. The molecule has 0 saturated heterocycles. The van der Waals surface area contributed by atoms with Crippen molar-refractivity contribution in [1.29, 1.82) is 0 Å². The second-order valence-electron chi connectivity index (χ2n) is 5.97. The van der Waals surface area contributed by atoms with Crippen LogP contribution in [0.2, 0.25) is 0 Å². The van der Waals surface area contributed by atoms with Crippen LogP contribution in [0, 0.1) is 18.8 Å². The lowest BCUT2D eigenvalue weighted by Crippen LogP contribution is -2.21. The molecule has 3 rings (SSSR count). The summed E-state index contributed by atoms with van der Waals surface area (Å²) in [4.78, 5) is 4.42. The van der Waals surface area contributed by atoms with Crippen molar-refractivity contribution < 1.29 is 0 Å². The topological polar surface area (TPSA) is 42.2 Å². The van der Waals surface area contributed by atoms with Crippen LogP contribution in [0.3, 0.4) is 0 Å². The Hall–Kier alpha value is -1.42. The van der Waals surface area contributed by atoms with Crippen LogP contribution in [0.25, 0.3) is 5.65 Å². The van der Waals surface area contributed by atoms with Gasteiger partial charge in [-0.2, -0.15) is 5.10 Å². The number of aromatic nitrogens is 3. The Bertz CT molecular complexity index is 560. The van der Waals surface area contributed by atoms with Crippen LogP contribution in [-0.2, 0) is 6.54 Å². The lowest BCUT2D eigenvalue weighted by Gasteiger charge is -2.11. The molecule has 1 N–H and O–H groups in total. The first-order valence-corrected chi connectivity index (χ1v) is 7.22. The molecule has 1 aliphatic rings. The molecule has 1 fully saturated rings. The van der Waals surface area contributed by atoms with E-state index in [4.69, 9.17) is 0 Å². The summed E-state index contributed by atoms with van der Waals surface area (Å²) in [6, 6.07) is 2.00. The SMILES string of the molecule is Cc1cc2ncc(CNCC3CCC(C)C3)cn2n1. The summed E-state index contributed by atoms with van der Waals surface area (Å²) in [7, 11) is 0. The van der Waals surface area contributed by atoms with Gasteiger partial charge < -0.3 is 5.32 Å². The van der Waals surface area contributed by atoms with Crippen LogP contribution >= 0.6 is 0 Å².